The molecule has 0 aliphatic rings. The van der Waals surface area contributed by atoms with Gasteiger partial charge in [0, 0.05) is 13.1 Å². The van der Waals surface area contributed by atoms with Crippen molar-refractivity contribution in [3.8, 4) is 0 Å². The van der Waals surface area contributed by atoms with Crippen LogP contribution in [-0.4, -0.2) is 24.9 Å². The number of rotatable bonds is 7. The number of unbranched alkanes of at least 4 members (excludes halogenated alkanes) is 1. The maximum absolute atomic E-state index is 11.9. The first-order valence-corrected chi connectivity index (χ1v) is 6.39. The Hall–Kier alpha value is -1.06. The third-order valence-electron chi connectivity index (χ3n) is 2.62. The molecule has 0 bridgehead atoms. The lowest BCUT2D eigenvalue weighted by molar-refractivity contribution is -0.141. The second kappa shape index (κ2) is 7.30. The zero-order chi connectivity index (χ0) is 13.5. The lowest BCUT2D eigenvalue weighted by Gasteiger charge is -2.23. The Morgan fingerprint density at radius 1 is 1.12 bits per heavy atom. The van der Waals surface area contributed by atoms with Crippen LogP contribution in [0, 0.1) is 11.3 Å². The molecule has 0 aliphatic carbocycles. The van der Waals surface area contributed by atoms with Crippen LogP contribution >= 0.6 is 0 Å². The molecule has 4 heteroatoms. The fraction of sp³-hybridized carbons (Fsp3) is 0.846. The molecule has 0 aliphatic heterocycles. The average molecular weight is 242 g/mol. The van der Waals surface area contributed by atoms with E-state index in [-0.39, 0.29) is 11.8 Å². The minimum absolute atomic E-state index is 0.202. The van der Waals surface area contributed by atoms with Gasteiger partial charge in [0.25, 0.3) is 0 Å². The van der Waals surface area contributed by atoms with Gasteiger partial charge in [-0.3, -0.25) is 9.59 Å². The van der Waals surface area contributed by atoms with Crippen LogP contribution < -0.4 is 10.6 Å². The average Bonchev–Trinajstić information content (AvgIpc) is 2.25. The minimum atomic E-state index is -0.997. The van der Waals surface area contributed by atoms with Gasteiger partial charge in [-0.05, 0) is 26.2 Å². The molecule has 2 amide bonds. The van der Waals surface area contributed by atoms with Crippen LogP contribution in [0.15, 0.2) is 0 Å². The fourth-order valence-corrected chi connectivity index (χ4v) is 1.22. The third-order valence-corrected chi connectivity index (χ3v) is 2.62. The molecule has 100 valence electrons. The zero-order valence-electron chi connectivity index (χ0n) is 11.7. The van der Waals surface area contributed by atoms with E-state index < -0.39 is 5.41 Å². The van der Waals surface area contributed by atoms with E-state index in [0.29, 0.717) is 19.0 Å². The molecule has 0 saturated heterocycles. The summed E-state index contributed by atoms with van der Waals surface area (Å²) in [7, 11) is 0. The van der Waals surface area contributed by atoms with Crippen molar-refractivity contribution in [1.82, 2.24) is 10.6 Å². The fourth-order valence-electron chi connectivity index (χ4n) is 1.22. The van der Waals surface area contributed by atoms with Crippen molar-refractivity contribution in [2.75, 3.05) is 13.1 Å². The maximum atomic E-state index is 11.9. The van der Waals surface area contributed by atoms with Crippen molar-refractivity contribution in [3.05, 3.63) is 0 Å². The molecule has 0 unspecified atom stereocenters. The Morgan fingerprint density at radius 3 is 2.12 bits per heavy atom. The van der Waals surface area contributed by atoms with Crippen molar-refractivity contribution in [2.24, 2.45) is 11.3 Å². The summed E-state index contributed by atoms with van der Waals surface area (Å²) < 4.78 is 0. The van der Waals surface area contributed by atoms with Crippen LogP contribution in [0.25, 0.3) is 0 Å². The van der Waals surface area contributed by atoms with Crippen molar-refractivity contribution in [3.63, 3.8) is 0 Å². The van der Waals surface area contributed by atoms with Crippen LogP contribution in [-0.2, 0) is 9.59 Å². The van der Waals surface area contributed by atoms with Crippen molar-refractivity contribution >= 4 is 11.8 Å². The van der Waals surface area contributed by atoms with Crippen molar-refractivity contribution in [2.45, 2.75) is 47.5 Å². The molecule has 0 rings (SSSR count). The second-order valence-electron chi connectivity index (χ2n) is 5.34. The van der Waals surface area contributed by atoms with E-state index in [2.05, 4.69) is 17.6 Å². The second-order valence-corrected chi connectivity index (χ2v) is 5.34. The van der Waals surface area contributed by atoms with Gasteiger partial charge in [0.2, 0.25) is 11.8 Å². The predicted molar refractivity (Wildman–Crippen MR) is 69.5 cm³/mol. The monoisotopic (exact) mass is 242 g/mol. The highest BCUT2D eigenvalue weighted by Crippen LogP contribution is 2.15. The SMILES string of the molecule is CCCCNC(=O)C(C)(C)C(=O)NCC(C)C. The highest BCUT2D eigenvalue weighted by atomic mass is 16.2. The molecule has 17 heavy (non-hydrogen) atoms. The van der Waals surface area contributed by atoms with Gasteiger partial charge in [-0.15, -0.1) is 0 Å². The van der Waals surface area contributed by atoms with Crippen LogP contribution in [0.1, 0.15) is 47.5 Å². The molecular formula is C13H26N2O2. The van der Waals surface area contributed by atoms with Gasteiger partial charge in [-0.25, -0.2) is 0 Å². The molecule has 2 N–H and O–H groups in total. The first-order chi connectivity index (χ1) is 7.82. The molecule has 0 aromatic heterocycles. The van der Waals surface area contributed by atoms with Gasteiger partial charge < -0.3 is 10.6 Å². The minimum Gasteiger partial charge on any atom is -0.355 e. The van der Waals surface area contributed by atoms with E-state index >= 15 is 0 Å². The zero-order valence-corrected chi connectivity index (χ0v) is 11.7. The standard InChI is InChI=1S/C13H26N2O2/c1-6-7-8-14-11(16)13(4,5)12(17)15-9-10(2)3/h10H,6-9H2,1-5H3,(H,14,16)(H,15,17). The lowest BCUT2D eigenvalue weighted by atomic mass is 9.91. The summed E-state index contributed by atoms with van der Waals surface area (Å²) in [5.41, 5.74) is -0.997. The van der Waals surface area contributed by atoms with E-state index in [1.807, 2.05) is 13.8 Å². The highest BCUT2D eigenvalue weighted by molar-refractivity contribution is 6.04. The molecular weight excluding hydrogens is 216 g/mol. The van der Waals surface area contributed by atoms with E-state index in [1.165, 1.54) is 0 Å². The molecule has 0 atom stereocenters. The Bertz CT molecular complexity index is 260. The Morgan fingerprint density at radius 2 is 1.65 bits per heavy atom. The normalized spacial score (nSPS) is 11.4. The Labute approximate surface area is 105 Å². The molecule has 0 heterocycles. The van der Waals surface area contributed by atoms with Gasteiger partial charge in [0.1, 0.15) is 5.41 Å². The summed E-state index contributed by atoms with van der Waals surface area (Å²) in [6, 6.07) is 0. The van der Waals surface area contributed by atoms with Gasteiger partial charge in [0.05, 0.1) is 0 Å². The van der Waals surface area contributed by atoms with Crippen molar-refractivity contribution < 1.29 is 9.59 Å². The molecule has 0 fully saturated rings. The molecule has 0 aromatic rings. The first-order valence-electron chi connectivity index (χ1n) is 6.39. The molecule has 0 spiro atoms. The largest absolute Gasteiger partial charge is 0.355 e. The summed E-state index contributed by atoms with van der Waals surface area (Å²) in [4.78, 5) is 23.7. The van der Waals surface area contributed by atoms with Crippen LogP contribution in [0.2, 0.25) is 0 Å². The summed E-state index contributed by atoms with van der Waals surface area (Å²) >= 11 is 0. The molecule has 0 radical (unpaired) electrons. The maximum Gasteiger partial charge on any atom is 0.235 e. The molecule has 0 aromatic carbocycles. The quantitative estimate of drug-likeness (QED) is 0.527. The van der Waals surface area contributed by atoms with Gasteiger partial charge in [-0.2, -0.15) is 0 Å². The lowest BCUT2D eigenvalue weighted by Crippen LogP contribution is -2.48. The van der Waals surface area contributed by atoms with E-state index in [9.17, 15) is 9.59 Å². The first kappa shape index (κ1) is 15.9. The van der Waals surface area contributed by atoms with E-state index in [1.54, 1.807) is 13.8 Å². The number of nitrogens with one attached hydrogen (secondary N) is 2. The summed E-state index contributed by atoms with van der Waals surface area (Å²) in [5, 5.41) is 5.59. The summed E-state index contributed by atoms with van der Waals surface area (Å²) in [5.74, 6) is -0.0229. The smallest absolute Gasteiger partial charge is 0.235 e. The van der Waals surface area contributed by atoms with Crippen molar-refractivity contribution in [1.29, 1.82) is 0 Å². The topological polar surface area (TPSA) is 58.2 Å². The summed E-state index contributed by atoms with van der Waals surface area (Å²) in [6.07, 6.45) is 1.97. The number of amides is 2. The van der Waals surface area contributed by atoms with E-state index in [0.717, 1.165) is 12.8 Å². The predicted octanol–water partition coefficient (Wildman–Crippen LogP) is 1.70. The number of carbonyl (C=O) groups excluding carboxylic acids is 2. The number of hydrogen-bond acceptors (Lipinski definition) is 2. The summed E-state index contributed by atoms with van der Waals surface area (Å²) in [6.45, 7) is 10.7. The van der Waals surface area contributed by atoms with E-state index in [4.69, 9.17) is 0 Å². The highest BCUT2D eigenvalue weighted by Gasteiger charge is 2.35. The number of carbonyl (C=O) groups is 2. The van der Waals surface area contributed by atoms with Crippen LogP contribution in [0.3, 0.4) is 0 Å². The van der Waals surface area contributed by atoms with Crippen LogP contribution in [0.5, 0.6) is 0 Å². The van der Waals surface area contributed by atoms with Gasteiger partial charge >= 0.3 is 0 Å². The van der Waals surface area contributed by atoms with Crippen LogP contribution in [0.4, 0.5) is 0 Å². The molecule has 0 saturated carbocycles. The Balaban J connectivity index is 4.23. The molecule has 4 nitrogen and oxygen atoms in total. The third kappa shape index (κ3) is 5.71. The van der Waals surface area contributed by atoms with Gasteiger partial charge in [-0.1, -0.05) is 27.2 Å². The van der Waals surface area contributed by atoms with Gasteiger partial charge in [0.15, 0.2) is 0 Å². The number of hydrogen-bond donors (Lipinski definition) is 2. The Kier molecular flexibility index (Phi) is 6.85.